The van der Waals surface area contributed by atoms with Crippen LogP contribution in [0.5, 0.6) is 0 Å². The van der Waals surface area contributed by atoms with E-state index in [0.717, 1.165) is 11.1 Å². The molecule has 0 aliphatic carbocycles. The summed E-state index contributed by atoms with van der Waals surface area (Å²) >= 11 is 7.20. The molecule has 0 aliphatic heterocycles. The van der Waals surface area contributed by atoms with Crippen LogP contribution < -0.4 is 0 Å². The second kappa shape index (κ2) is 7.28. The zero-order valence-electron chi connectivity index (χ0n) is 13.4. The second-order valence-corrected chi connectivity index (χ2v) is 5.77. The van der Waals surface area contributed by atoms with Gasteiger partial charge in [0, 0.05) is 13.2 Å². The third-order valence-electron chi connectivity index (χ3n) is 3.81. The van der Waals surface area contributed by atoms with Crippen LogP contribution in [0.1, 0.15) is 31.9 Å². The molecule has 2 nitrogen and oxygen atoms in total. The van der Waals surface area contributed by atoms with Crippen molar-refractivity contribution >= 4 is 11.6 Å². The van der Waals surface area contributed by atoms with Gasteiger partial charge in [0.1, 0.15) is 4.87 Å². The van der Waals surface area contributed by atoms with Gasteiger partial charge in [0.05, 0.1) is 0 Å². The highest BCUT2D eigenvalue weighted by Crippen LogP contribution is 2.48. The Morgan fingerprint density at radius 1 is 0.773 bits per heavy atom. The van der Waals surface area contributed by atoms with Gasteiger partial charge in [-0.05, 0) is 31.9 Å². The van der Waals surface area contributed by atoms with Crippen molar-refractivity contribution in [2.75, 3.05) is 13.2 Å². The predicted octanol–water partition coefficient (Wildman–Crippen LogP) is 4.96. The summed E-state index contributed by atoms with van der Waals surface area (Å²) in [4.78, 5) is -0.929. The van der Waals surface area contributed by atoms with Gasteiger partial charge in [0.2, 0.25) is 0 Å². The van der Waals surface area contributed by atoms with Gasteiger partial charge in [-0.3, -0.25) is 0 Å². The topological polar surface area (TPSA) is 18.5 Å². The number of halogens is 1. The largest absolute Gasteiger partial charge is 0.348 e. The monoisotopic (exact) mass is 318 g/mol. The Labute approximate surface area is 138 Å². The van der Waals surface area contributed by atoms with Gasteiger partial charge in [0.25, 0.3) is 0 Å². The molecule has 0 heterocycles. The first kappa shape index (κ1) is 17.0. The van der Waals surface area contributed by atoms with Crippen LogP contribution in [0.25, 0.3) is 0 Å². The first-order chi connectivity index (χ1) is 10.6. The zero-order chi connectivity index (χ0) is 16.1. The number of hydrogen-bond acceptors (Lipinski definition) is 2. The van der Waals surface area contributed by atoms with E-state index in [1.807, 2.05) is 81.4 Å². The summed E-state index contributed by atoms with van der Waals surface area (Å²) in [5.74, 6) is -0.971. The Morgan fingerprint density at radius 3 is 1.45 bits per heavy atom. The number of rotatable bonds is 7. The van der Waals surface area contributed by atoms with Crippen LogP contribution in [0, 0.1) is 0 Å². The minimum atomic E-state index is -0.971. The standard InChI is InChI=1S/C19H23ClO2/c1-4-21-18(3,22-5-2)19(20,16-12-8-6-9-13-16)17-14-10-7-11-15-17/h6-15H,4-5H2,1-3H3. The van der Waals surface area contributed by atoms with Crippen LogP contribution in [-0.2, 0) is 14.3 Å². The Hall–Kier alpha value is -1.35. The lowest BCUT2D eigenvalue weighted by Crippen LogP contribution is -2.51. The molecule has 0 aliphatic rings. The zero-order valence-corrected chi connectivity index (χ0v) is 14.1. The first-order valence-electron chi connectivity index (χ1n) is 7.66. The molecule has 0 saturated carbocycles. The smallest absolute Gasteiger partial charge is 0.192 e. The predicted molar refractivity (Wildman–Crippen MR) is 91.2 cm³/mol. The Bertz CT molecular complexity index is 523. The van der Waals surface area contributed by atoms with Crippen molar-refractivity contribution in [2.45, 2.75) is 31.4 Å². The van der Waals surface area contributed by atoms with Crippen LogP contribution >= 0.6 is 11.6 Å². The van der Waals surface area contributed by atoms with Crippen LogP contribution in [0.4, 0.5) is 0 Å². The normalized spacial score (nSPS) is 12.4. The summed E-state index contributed by atoms with van der Waals surface area (Å²) in [5, 5.41) is 0. The summed E-state index contributed by atoms with van der Waals surface area (Å²) < 4.78 is 12.0. The van der Waals surface area contributed by atoms with Crippen molar-refractivity contribution in [3.63, 3.8) is 0 Å². The van der Waals surface area contributed by atoms with E-state index in [0.29, 0.717) is 13.2 Å². The van der Waals surface area contributed by atoms with Crippen molar-refractivity contribution < 1.29 is 9.47 Å². The van der Waals surface area contributed by atoms with Crippen molar-refractivity contribution in [3.05, 3.63) is 71.8 Å². The van der Waals surface area contributed by atoms with E-state index in [9.17, 15) is 0 Å². The Kier molecular flexibility index (Phi) is 5.63. The molecular formula is C19H23ClO2. The van der Waals surface area contributed by atoms with E-state index in [1.54, 1.807) is 0 Å². The average Bonchev–Trinajstić information content (AvgIpc) is 2.56. The van der Waals surface area contributed by atoms with Gasteiger partial charge in [-0.2, -0.15) is 0 Å². The molecule has 0 atom stereocenters. The molecule has 3 heteroatoms. The summed E-state index contributed by atoms with van der Waals surface area (Å²) in [6.07, 6.45) is 0. The third kappa shape index (κ3) is 3.05. The molecule has 0 saturated heterocycles. The molecule has 0 radical (unpaired) electrons. The molecule has 0 spiro atoms. The van der Waals surface area contributed by atoms with Gasteiger partial charge in [-0.25, -0.2) is 0 Å². The van der Waals surface area contributed by atoms with Crippen LogP contribution in [0.15, 0.2) is 60.7 Å². The van der Waals surface area contributed by atoms with Crippen molar-refractivity contribution in [3.8, 4) is 0 Å². The maximum Gasteiger partial charge on any atom is 0.192 e. The summed E-state index contributed by atoms with van der Waals surface area (Å²) in [7, 11) is 0. The SMILES string of the molecule is CCOC(C)(OCC)C(Cl)(c1ccccc1)c1ccccc1. The molecule has 2 aromatic rings. The molecule has 2 rings (SSSR count). The van der Waals surface area contributed by atoms with E-state index in [2.05, 4.69) is 0 Å². The van der Waals surface area contributed by atoms with Crippen LogP contribution in [-0.4, -0.2) is 19.0 Å². The molecule has 0 aromatic heterocycles. The van der Waals surface area contributed by atoms with E-state index in [1.165, 1.54) is 0 Å². The van der Waals surface area contributed by atoms with E-state index in [4.69, 9.17) is 21.1 Å². The quantitative estimate of drug-likeness (QED) is 0.530. The summed E-state index contributed by atoms with van der Waals surface area (Å²) in [5.41, 5.74) is 1.90. The van der Waals surface area contributed by atoms with E-state index < -0.39 is 10.7 Å². The van der Waals surface area contributed by atoms with Crippen molar-refractivity contribution in [1.29, 1.82) is 0 Å². The molecule has 0 N–H and O–H groups in total. The first-order valence-corrected chi connectivity index (χ1v) is 8.04. The van der Waals surface area contributed by atoms with Gasteiger partial charge < -0.3 is 9.47 Å². The highest BCUT2D eigenvalue weighted by Gasteiger charge is 2.51. The fourth-order valence-electron chi connectivity index (χ4n) is 2.82. The number of ether oxygens (including phenoxy) is 2. The van der Waals surface area contributed by atoms with Crippen molar-refractivity contribution in [2.24, 2.45) is 0 Å². The number of benzene rings is 2. The third-order valence-corrected chi connectivity index (χ3v) is 4.59. The van der Waals surface area contributed by atoms with Crippen LogP contribution in [0.2, 0.25) is 0 Å². The average molecular weight is 319 g/mol. The number of hydrogen-bond donors (Lipinski definition) is 0. The highest BCUT2D eigenvalue weighted by molar-refractivity contribution is 6.26. The molecule has 22 heavy (non-hydrogen) atoms. The Morgan fingerprint density at radius 2 is 1.14 bits per heavy atom. The van der Waals surface area contributed by atoms with Gasteiger partial charge in [-0.1, -0.05) is 60.7 Å². The lowest BCUT2D eigenvalue weighted by atomic mass is 9.83. The molecular weight excluding hydrogens is 296 g/mol. The molecule has 0 amide bonds. The number of alkyl halides is 1. The summed E-state index contributed by atoms with van der Waals surface area (Å²) in [6.45, 7) is 6.84. The maximum atomic E-state index is 7.20. The highest BCUT2D eigenvalue weighted by atomic mass is 35.5. The fourth-order valence-corrected chi connectivity index (χ4v) is 3.18. The Balaban J connectivity index is 2.64. The fraction of sp³-hybridized carbons (Fsp3) is 0.368. The maximum absolute atomic E-state index is 7.20. The lowest BCUT2D eigenvalue weighted by molar-refractivity contribution is -0.238. The van der Waals surface area contributed by atoms with Gasteiger partial charge in [0.15, 0.2) is 5.79 Å². The van der Waals surface area contributed by atoms with Gasteiger partial charge >= 0.3 is 0 Å². The minimum absolute atomic E-state index is 0.518. The second-order valence-electron chi connectivity index (χ2n) is 5.20. The molecule has 2 aromatic carbocycles. The molecule has 0 unspecified atom stereocenters. The summed E-state index contributed by atoms with van der Waals surface area (Å²) in [6, 6.07) is 19.9. The molecule has 0 fully saturated rings. The van der Waals surface area contributed by atoms with Gasteiger partial charge in [-0.15, -0.1) is 11.6 Å². The molecule has 118 valence electrons. The molecule has 0 bridgehead atoms. The van der Waals surface area contributed by atoms with E-state index in [-0.39, 0.29) is 0 Å². The minimum Gasteiger partial charge on any atom is -0.348 e. The van der Waals surface area contributed by atoms with Crippen LogP contribution in [0.3, 0.4) is 0 Å². The van der Waals surface area contributed by atoms with Crippen molar-refractivity contribution in [1.82, 2.24) is 0 Å². The van der Waals surface area contributed by atoms with E-state index >= 15 is 0 Å². The lowest BCUT2D eigenvalue weighted by Gasteiger charge is -2.44.